The van der Waals surface area contributed by atoms with Crippen molar-refractivity contribution in [3.63, 3.8) is 0 Å². The van der Waals surface area contributed by atoms with E-state index in [2.05, 4.69) is 22.3 Å². The number of allylic oxidation sites excluding steroid dienone is 2. The number of methoxy groups -OCH3 is 2. The Morgan fingerprint density at radius 1 is 1.23 bits per heavy atom. The molecule has 136 valence electrons. The standard InChI is InChI=1S/C19H22N4O3/c1-10-7-14-17(15(24)8-10)18(23-19(21-14)20-11(2)22-23)13-6-5-12(25-3)9-16(13)26-4/h5-6,9-10,18H,7-8H2,1-4H3,(H,20,21,22)/t10-,18-/m0/s1. The number of ether oxygens (including phenoxy) is 2. The van der Waals surface area contributed by atoms with E-state index in [-0.39, 0.29) is 11.8 Å². The van der Waals surface area contributed by atoms with Gasteiger partial charge in [-0.1, -0.05) is 6.92 Å². The lowest BCUT2D eigenvalue weighted by atomic mass is 9.81. The molecule has 0 saturated heterocycles. The second-order valence-corrected chi connectivity index (χ2v) is 6.89. The fraction of sp³-hybridized carbons (Fsp3) is 0.421. The van der Waals surface area contributed by atoms with Gasteiger partial charge in [0.1, 0.15) is 23.4 Å². The third-order valence-corrected chi connectivity index (χ3v) is 4.97. The van der Waals surface area contributed by atoms with Crippen LogP contribution in [0.3, 0.4) is 0 Å². The number of rotatable bonds is 3. The van der Waals surface area contributed by atoms with Gasteiger partial charge in [0.05, 0.1) is 14.2 Å². The highest BCUT2D eigenvalue weighted by atomic mass is 16.5. The van der Waals surface area contributed by atoms with Crippen LogP contribution in [0.2, 0.25) is 0 Å². The second-order valence-electron chi connectivity index (χ2n) is 6.89. The van der Waals surface area contributed by atoms with Gasteiger partial charge in [-0.3, -0.25) is 4.79 Å². The molecule has 4 rings (SSSR count). The van der Waals surface area contributed by atoms with Crippen LogP contribution in [-0.4, -0.2) is 34.8 Å². The van der Waals surface area contributed by atoms with E-state index >= 15 is 0 Å². The van der Waals surface area contributed by atoms with E-state index in [0.29, 0.717) is 35.6 Å². The van der Waals surface area contributed by atoms with Gasteiger partial charge in [-0.25, -0.2) is 4.68 Å². The number of hydrogen-bond donors (Lipinski definition) is 1. The number of carbonyl (C=O) groups is 1. The van der Waals surface area contributed by atoms with Crippen molar-refractivity contribution in [2.24, 2.45) is 5.92 Å². The maximum Gasteiger partial charge on any atom is 0.226 e. The Kier molecular flexibility index (Phi) is 3.94. The van der Waals surface area contributed by atoms with Crippen LogP contribution in [0, 0.1) is 12.8 Å². The highest BCUT2D eigenvalue weighted by molar-refractivity contribution is 5.99. The van der Waals surface area contributed by atoms with Crippen molar-refractivity contribution in [3.8, 4) is 11.5 Å². The lowest BCUT2D eigenvalue weighted by molar-refractivity contribution is -0.117. The molecule has 1 N–H and O–H groups in total. The normalized spacial score (nSPS) is 21.8. The molecular weight excluding hydrogens is 332 g/mol. The number of aryl methyl sites for hydroxylation is 1. The van der Waals surface area contributed by atoms with Gasteiger partial charge in [0, 0.05) is 29.3 Å². The Morgan fingerprint density at radius 2 is 2.04 bits per heavy atom. The first kappa shape index (κ1) is 16.6. The summed E-state index contributed by atoms with van der Waals surface area (Å²) >= 11 is 0. The zero-order valence-electron chi connectivity index (χ0n) is 15.4. The number of ketones is 1. The average molecular weight is 354 g/mol. The second kappa shape index (κ2) is 6.16. The van der Waals surface area contributed by atoms with Crippen molar-refractivity contribution in [3.05, 3.63) is 40.9 Å². The lowest BCUT2D eigenvalue weighted by Gasteiger charge is -2.34. The Balaban J connectivity index is 1.93. The van der Waals surface area contributed by atoms with Crippen LogP contribution < -0.4 is 14.8 Å². The van der Waals surface area contributed by atoms with Gasteiger partial charge < -0.3 is 14.8 Å². The summed E-state index contributed by atoms with van der Waals surface area (Å²) in [4.78, 5) is 17.4. The van der Waals surface area contributed by atoms with Crippen LogP contribution >= 0.6 is 0 Å². The zero-order valence-corrected chi connectivity index (χ0v) is 15.4. The molecule has 2 atom stereocenters. The summed E-state index contributed by atoms with van der Waals surface area (Å²) in [7, 11) is 3.23. The number of nitrogens with zero attached hydrogens (tertiary/aromatic N) is 3. The molecule has 0 amide bonds. The molecule has 0 fully saturated rings. The zero-order chi connectivity index (χ0) is 18.4. The number of carbonyl (C=O) groups excluding carboxylic acids is 1. The van der Waals surface area contributed by atoms with Crippen LogP contribution in [-0.2, 0) is 4.79 Å². The van der Waals surface area contributed by atoms with Crippen LogP contribution in [0.4, 0.5) is 5.95 Å². The Morgan fingerprint density at radius 3 is 2.77 bits per heavy atom. The molecule has 0 spiro atoms. The minimum atomic E-state index is -0.358. The van der Waals surface area contributed by atoms with Crippen LogP contribution in [0.15, 0.2) is 29.5 Å². The van der Waals surface area contributed by atoms with E-state index in [1.54, 1.807) is 18.9 Å². The quantitative estimate of drug-likeness (QED) is 0.913. The Bertz CT molecular complexity index is 916. The van der Waals surface area contributed by atoms with Gasteiger partial charge in [0.25, 0.3) is 0 Å². The molecule has 1 aliphatic carbocycles. The van der Waals surface area contributed by atoms with Gasteiger partial charge in [-0.15, -0.1) is 0 Å². The fourth-order valence-electron chi connectivity index (χ4n) is 3.85. The van der Waals surface area contributed by atoms with Gasteiger partial charge in [-0.2, -0.15) is 10.1 Å². The summed E-state index contributed by atoms with van der Waals surface area (Å²) in [5.74, 6) is 3.13. The van der Waals surface area contributed by atoms with Crippen LogP contribution in [0.1, 0.15) is 37.2 Å². The maximum atomic E-state index is 12.9. The first-order chi connectivity index (χ1) is 12.5. The molecule has 0 saturated carbocycles. The predicted molar refractivity (Wildman–Crippen MR) is 96.5 cm³/mol. The molecule has 1 aliphatic heterocycles. The van der Waals surface area contributed by atoms with E-state index < -0.39 is 0 Å². The molecule has 2 heterocycles. The summed E-state index contributed by atoms with van der Waals surface area (Å²) in [6.45, 7) is 3.94. The summed E-state index contributed by atoms with van der Waals surface area (Å²) in [5, 5.41) is 7.86. The average Bonchev–Trinajstić information content (AvgIpc) is 2.98. The number of aromatic nitrogens is 3. The van der Waals surface area contributed by atoms with Crippen LogP contribution in [0.5, 0.6) is 11.5 Å². The minimum Gasteiger partial charge on any atom is -0.497 e. The number of benzene rings is 1. The molecular formula is C19H22N4O3. The van der Waals surface area contributed by atoms with Crippen molar-refractivity contribution in [2.45, 2.75) is 32.7 Å². The monoisotopic (exact) mass is 354 g/mol. The maximum absolute atomic E-state index is 12.9. The Hall–Kier alpha value is -2.83. The number of anilines is 1. The van der Waals surface area contributed by atoms with Gasteiger partial charge in [0.2, 0.25) is 5.95 Å². The molecule has 1 aromatic carbocycles. The highest BCUT2D eigenvalue weighted by Gasteiger charge is 2.39. The number of fused-ring (bicyclic) bond motifs is 1. The van der Waals surface area contributed by atoms with Crippen molar-refractivity contribution < 1.29 is 14.3 Å². The predicted octanol–water partition coefficient (Wildman–Crippen LogP) is 2.87. The molecule has 0 bridgehead atoms. The SMILES string of the molecule is COc1ccc([C@H]2C3=C(C[C@H](C)CC3=O)Nc3nc(C)nn32)c(OC)c1. The molecule has 7 heteroatoms. The summed E-state index contributed by atoms with van der Waals surface area (Å²) in [6, 6.07) is 5.28. The van der Waals surface area contributed by atoms with E-state index in [1.807, 2.05) is 25.1 Å². The first-order valence-corrected chi connectivity index (χ1v) is 8.70. The van der Waals surface area contributed by atoms with Crippen LogP contribution in [0.25, 0.3) is 0 Å². The van der Waals surface area contributed by atoms with Crippen molar-refractivity contribution in [2.75, 3.05) is 19.5 Å². The van der Waals surface area contributed by atoms with E-state index in [1.165, 1.54) is 0 Å². The van der Waals surface area contributed by atoms with Crippen molar-refractivity contribution >= 4 is 11.7 Å². The summed E-state index contributed by atoms with van der Waals surface area (Å²) in [6.07, 6.45) is 1.36. The third kappa shape index (κ3) is 2.55. The molecule has 7 nitrogen and oxygen atoms in total. The van der Waals surface area contributed by atoms with E-state index in [9.17, 15) is 4.79 Å². The summed E-state index contributed by atoms with van der Waals surface area (Å²) in [5.41, 5.74) is 2.57. The first-order valence-electron chi connectivity index (χ1n) is 8.70. The molecule has 0 unspecified atom stereocenters. The highest BCUT2D eigenvalue weighted by Crippen LogP contribution is 2.44. The molecule has 1 aromatic heterocycles. The van der Waals surface area contributed by atoms with E-state index in [4.69, 9.17) is 9.47 Å². The van der Waals surface area contributed by atoms with Crippen molar-refractivity contribution in [1.82, 2.24) is 14.8 Å². The minimum absolute atomic E-state index is 0.146. The van der Waals surface area contributed by atoms with Gasteiger partial charge in [0.15, 0.2) is 5.78 Å². The van der Waals surface area contributed by atoms with Gasteiger partial charge in [-0.05, 0) is 31.4 Å². The van der Waals surface area contributed by atoms with Gasteiger partial charge >= 0.3 is 0 Å². The lowest BCUT2D eigenvalue weighted by Crippen LogP contribution is -2.33. The molecule has 2 aliphatic rings. The fourth-order valence-corrected chi connectivity index (χ4v) is 3.85. The molecule has 2 aromatic rings. The number of nitrogens with one attached hydrogen (secondary N) is 1. The van der Waals surface area contributed by atoms with E-state index in [0.717, 1.165) is 23.3 Å². The third-order valence-electron chi connectivity index (χ3n) is 4.97. The smallest absolute Gasteiger partial charge is 0.226 e. The summed E-state index contributed by atoms with van der Waals surface area (Å²) < 4.78 is 12.7. The topological polar surface area (TPSA) is 78.3 Å². The largest absolute Gasteiger partial charge is 0.497 e. The number of hydrogen-bond acceptors (Lipinski definition) is 6. The van der Waals surface area contributed by atoms with Crippen molar-refractivity contribution in [1.29, 1.82) is 0 Å². The molecule has 0 radical (unpaired) electrons. The Labute approximate surface area is 152 Å². The molecule has 26 heavy (non-hydrogen) atoms. The number of Topliss-reactive ketones (excluding diaryl/α,β-unsaturated/α-hetero) is 1.